The summed E-state index contributed by atoms with van der Waals surface area (Å²) in [6.45, 7) is 19.4. The first-order chi connectivity index (χ1) is 22.3. The van der Waals surface area contributed by atoms with Crippen LogP contribution < -0.4 is 0 Å². The van der Waals surface area contributed by atoms with Crippen molar-refractivity contribution in [1.82, 2.24) is 0 Å². The molecule has 1 unspecified atom stereocenters. The molecule has 266 valence electrons. The van der Waals surface area contributed by atoms with Gasteiger partial charge in [-0.1, -0.05) is 127 Å². The van der Waals surface area contributed by atoms with E-state index in [9.17, 15) is 25.5 Å². The van der Waals surface area contributed by atoms with Gasteiger partial charge in [0.05, 0.1) is 17.8 Å². The van der Waals surface area contributed by atoms with Crippen LogP contribution >= 0.6 is 0 Å². The summed E-state index contributed by atoms with van der Waals surface area (Å²) in [6.07, 6.45) is 22.5. The Morgan fingerprint density at radius 2 is 1.29 bits per heavy atom. The van der Waals surface area contributed by atoms with Gasteiger partial charge in [-0.25, -0.2) is 0 Å². The molecule has 0 aromatic heterocycles. The maximum Gasteiger partial charge on any atom is 0.187 e. The lowest BCUT2D eigenvalue weighted by molar-refractivity contribution is -0.309. The third kappa shape index (κ3) is 13.6. The molecule has 1 saturated heterocycles. The van der Waals surface area contributed by atoms with Crippen LogP contribution in [-0.2, 0) is 9.47 Å². The lowest BCUT2D eigenvalue weighted by Gasteiger charge is -2.41. The van der Waals surface area contributed by atoms with Crippen molar-refractivity contribution in [2.45, 2.75) is 131 Å². The van der Waals surface area contributed by atoms with Crippen LogP contribution in [0.1, 0.15) is 82.1 Å². The van der Waals surface area contributed by atoms with Gasteiger partial charge in [-0.15, -0.1) is 0 Å². The van der Waals surface area contributed by atoms with Crippen molar-refractivity contribution < 1.29 is 35.0 Å². The average molecular weight is 665 g/mol. The molecule has 1 aliphatic heterocycles. The first kappa shape index (κ1) is 41.3. The lowest BCUT2D eigenvalue weighted by Crippen LogP contribution is -2.58. The Bertz CT molecular complexity index is 1370. The molecule has 2 aliphatic rings. The minimum Gasteiger partial charge on any atom is -0.393 e. The van der Waals surface area contributed by atoms with Crippen molar-refractivity contribution in [3.63, 3.8) is 0 Å². The second kappa shape index (κ2) is 18.8. The molecule has 0 aromatic carbocycles. The zero-order valence-electron chi connectivity index (χ0n) is 30.6. The smallest absolute Gasteiger partial charge is 0.187 e. The highest BCUT2D eigenvalue weighted by atomic mass is 16.7. The zero-order valence-corrected chi connectivity index (χ0v) is 30.6. The molecule has 0 amide bonds. The van der Waals surface area contributed by atoms with Crippen LogP contribution in [0.25, 0.3) is 0 Å². The Hall–Kier alpha value is -2.88. The van der Waals surface area contributed by atoms with E-state index < -0.39 is 42.4 Å². The van der Waals surface area contributed by atoms with Gasteiger partial charge in [0.15, 0.2) is 6.29 Å². The number of allylic oxidation sites excluding steroid dienone is 18. The molecule has 0 aromatic rings. The number of rotatable bonds is 13. The SMILES string of the molecule is CC1=C(/C=C/C(C)=C\C=C/C(C)=C/C=C/C=C(C)/C=C\C=C(C)/C=C/C(O[C@@H]2O[C@H](C)[C@H](O)[C@@H](O)[C@H]2O)C(C)(C)O)C(C)(C)C[C@H](O)C1. The van der Waals surface area contributed by atoms with Crippen molar-refractivity contribution in [3.8, 4) is 0 Å². The van der Waals surface area contributed by atoms with Gasteiger partial charge in [-0.2, -0.15) is 0 Å². The summed E-state index contributed by atoms with van der Waals surface area (Å²) in [5, 5.41) is 51.1. The van der Waals surface area contributed by atoms with Crippen molar-refractivity contribution in [2.24, 2.45) is 5.41 Å². The zero-order chi connectivity index (χ0) is 36.2. The van der Waals surface area contributed by atoms with E-state index in [1.54, 1.807) is 26.8 Å². The second-order valence-corrected chi connectivity index (χ2v) is 14.5. The Morgan fingerprint density at radius 3 is 1.81 bits per heavy atom. The molecule has 1 fully saturated rings. The minimum absolute atomic E-state index is 0.0233. The average Bonchev–Trinajstić information content (AvgIpc) is 2.97. The predicted octanol–water partition coefficient (Wildman–Crippen LogP) is 7.03. The Balaban J connectivity index is 1.93. The molecule has 0 spiro atoms. The van der Waals surface area contributed by atoms with E-state index in [1.165, 1.54) is 11.1 Å². The fourth-order valence-corrected chi connectivity index (χ4v) is 5.69. The van der Waals surface area contributed by atoms with E-state index in [4.69, 9.17) is 9.47 Å². The molecule has 2 rings (SSSR count). The fraction of sp³-hybridized carbons (Fsp3) is 0.512. The summed E-state index contributed by atoms with van der Waals surface area (Å²) in [6, 6.07) is 0. The number of aliphatic hydroxyl groups is 5. The third-order valence-electron chi connectivity index (χ3n) is 8.57. The van der Waals surface area contributed by atoms with Crippen molar-refractivity contribution in [1.29, 1.82) is 0 Å². The molecule has 0 bridgehead atoms. The first-order valence-corrected chi connectivity index (χ1v) is 16.9. The molecule has 48 heavy (non-hydrogen) atoms. The Morgan fingerprint density at radius 1 is 0.792 bits per heavy atom. The summed E-state index contributed by atoms with van der Waals surface area (Å²) in [5.41, 5.74) is 5.55. The highest BCUT2D eigenvalue weighted by Gasteiger charge is 2.44. The van der Waals surface area contributed by atoms with Gasteiger partial charge >= 0.3 is 0 Å². The molecule has 5 N–H and O–H groups in total. The van der Waals surface area contributed by atoms with Crippen molar-refractivity contribution in [2.75, 3.05) is 0 Å². The van der Waals surface area contributed by atoms with E-state index in [1.807, 2.05) is 56.4 Å². The van der Waals surface area contributed by atoms with Gasteiger partial charge in [0.1, 0.15) is 24.4 Å². The highest BCUT2D eigenvalue weighted by Crippen LogP contribution is 2.41. The second-order valence-electron chi connectivity index (χ2n) is 14.5. The summed E-state index contributed by atoms with van der Waals surface area (Å²) >= 11 is 0. The normalized spacial score (nSPS) is 29.5. The Labute approximate surface area is 289 Å². The summed E-state index contributed by atoms with van der Waals surface area (Å²) in [7, 11) is 0. The molecule has 1 aliphatic carbocycles. The van der Waals surface area contributed by atoms with Gasteiger partial charge < -0.3 is 35.0 Å². The summed E-state index contributed by atoms with van der Waals surface area (Å²) in [4.78, 5) is 0. The standard InChI is InChI=1S/C41H60O7/c1-27(17-13-19-29(3)21-23-34-31(5)25-33(42)26-40(34,7)8)15-11-12-16-28(2)18-14-20-30(4)22-24-35(41(9,10)46)48-39-38(45)37(44)36(43)32(6)47-39/h11-24,32-33,35-39,42-46H,25-26H2,1-10H3/b12-11+,17-13-,18-14-,23-21+,24-22+,27-15+,28-16+,29-19-,30-20-/t32-,33-,35?,36+,37-,38-,39+/m1/s1. The van der Waals surface area contributed by atoms with Crippen molar-refractivity contribution >= 4 is 0 Å². The van der Waals surface area contributed by atoms with E-state index in [0.717, 1.165) is 35.1 Å². The molecule has 1 heterocycles. The van der Waals surface area contributed by atoms with Gasteiger partial charge in [-0.05, 0) is 79.2 Å². The maximum atomic E-state index is 10.6. The topological polar surface area (TPSA) is 120 Å². The molecule has 7 atom stereocenters. The van der Waals surface area contributed by atoms with E-state index in [2.05, 4.69) is 71.1 Å². The third-order valence-corrected chi connectivity index (χ3v) is 8.57. The van der Waals surface area contributed by atoms with Gasteiger partial charge in [0.25, 0.3) is 0 Å². The largest absolute Gasteiger partial charge is 0.393 e. The molecule has 7 nitrogen and oxygen atoms in total. The highest BCUT2D eigenvalue weighted by molar-refractivity contribution is 5.38. The van der Waals surface area contributed by atoms with E-state index >= 15 is 0 Å². The molecular formula is C41H60O7. The monoisotopic (exact) mass is 664 g/mol. The summed E-state index contributed by atoms with van der Waals surface area (Å²) in [5.74, 6) is 0. The van der Waals surface area contributed by atoms with Gasteiger partial charge in [0.2, 0.25) is 0 Å². The molecule has 0 saturated carbocycles. The number of aliphatic hydroxyl groups excluding tert-OH is 4. The van der Waals surface area contributed by atoms with Crippen LogP contribution in [-0.4, -0.2) is 74.0 Å². The van der Waals surface area contributed by atoms with Gasteiger partial charge in [-0.3, -0.25) is 0 Å². The number of hydrogen-bond acceptors (Lipinski definition) is 7. The summed E-state index contributed by atoms with van der Waals surface area (Å²) < 4.78 is 11.4. The predicted molar refractivity (Wildman–Crippen MR) is 196 cm³/mol. The molecular weight excluding hydrogens is 604 g/mol. The Kier molecular flexibility index (Phi) is 16.1. The lowest BCUT2D eigenvalue weighted by atomic mass is 9.71. The van der Waals surface area contributed by atoms with Crippen LogP contribution in [0.2, 0.25) is 0 Å². The number of ether oxygens (including phenoxy) is 2. The minimum atomic E-state index is -1.45. The van der Waals surface area contributed by atoms with Crippen LogP contribution in [0.15, 0.2) is 119 Å². The van der Waals surface area contributed by atoms with Crippen molar-refractivity contribution in [3.05, 3.63) is 119 Å². The van der Waals surface area contributed by atoms with Crippen LogP contribution in [0.3, 0.4) is 0 Å². The maximum absolute atomic E-state index is 10.6. The quantitative estimate of drug-likeness (QED) is 0.134. The van der Waals surface area contributed by atoms with E-state index in [0.29, 0.717) is 0 Å². The van der Waals surface area contributed by atoms with Crippen LogP contribution in [0.5, 0.6) is 0 Å². The number of hydrogen-bond donors (Lipinski definition) is 5. The van der Waals surface area contributed by atoms with E-state index in [-0.39, 0.29) is 11.5 Å². The fourth-order valence-electron chi connectivity index (χ4n) is 5.69. The molecule has 7 heteroatoms. The van der Waals surface area contributed by atoms with Crippen LogP contribution in [0, 0.1) is 5.41 Å². The first-order valence-electron chi connectivity index (χ1n) is 16.9. The van der Waals surface area contributed by atoms with Crippen LogP contribution in [0.4, 0.5) is 0 Å². The van der Waals surface area contributed by atoms with Gasteiger partial charge in [0, 0.05) is 0 Å². The molecule has 0 radical (unpaired) electrons.